The summed E-state index contributed by atoms with van der Waals surface area (Å²) in [5, 5.41) is 3.73. The Balaban J connectivity index is 1.48. The molecule has 2 bridgehead atoms. The summed E-state index contributed by atoms with van der Waals surface area (Å²) in [4.78, 5) is 0. The van der Waals surface area contributed by atoms with Gasteiger partial charge in [0.2, 0.25) is 0 Å². The highest BCUT2D eigenvalue weighted by atomic mass is 32.2. The van der Waals surface area contributed by atoms with Gasteiger partial charge in [-0.1, -0.05) is 35.9 Å². The number of para-hydroxylation sites is 1. The highest BCUT2D eigenvalue weighted by Gasteiger charge is 2.34. The summed E-state index contributed by atoms with van der Waals surface area (Å²) >= 11 is -1.52. The Morgan fingerprint density at radius 3 is 2.54 bits per heavy atom. The van der Waals surface area contributed by atoms with Crippen molar-refractivity contribution in [2.45, 2.75) is 43.9 Å². The molecule has 28 heavy (non-hydrogen) atoms. The Morgan fingerprint density at radius 1 is 0.964 bits per heavy atom. The molecule has 3 fully saturated rings. The van der Waals surface area contributed by atoms with E-state index in [1.54, 1.807) is 0 Å². The number of fused-ring (bicyclic) bond motifs is 4. The second-order valence-electron chi connectivity index (χ2n) is 7.87. The fraction of sp³-hybridized carbons (Fsp3) is 0.333. The Morgan fingerprint density at radius 2 is 1.75 bits per heavy atom. The topological polar surface area (TPSA) is 71.6 Å². The summed E-state index contributed by atoms with van der Waals surface area (Å²) in [5.41, 5.74) is 8.86. The van der Waals surface area contributed by atoms with E-state index in [0.29, 0.717) is 12.1 Å². The molecule has 3 N–H and O–H groups in total. The molecule has 6 nitrogen and oxygen atoms in total. The molecule has 2 aromatic rings. The molecule has 144 valence electrons. The molecule has 4 unspecified atom stereocenters. The Kier molecular flexibility index (Phi) is 3.92. The smallest absolute Gasteiger partial charge is 0.253 e. The van der Waals surface area contributed by atoms with Gasteiger partial charge in [0.05, 0.1) is 0 Å². The van der Waals surface area contributed by atoms with Gasteiger partial charge >= 0.3 is 0 Å². The first kappa shape index (κ1) is 16.9. The van der Waals surface area contributed by atoms with Gasteiger partial charge in [-0.2, -0.15) is 14.5 Å². The van der Waals surface area contributed by atoms with E-state index >= 15 is 0 Å². The molecule has 3 saturated heterocycles. The van der Waals surface area contributed by atoms with Crippen molar-refractivity contribution >= 4 is 16.8 Å². The van der Waals surface area contributed by atoms with Gasteiger partial charge in [0.25, 0.3) is 11.3 Å². The number of piperidine rings is 1. The molecule has 4 atom stereocenters. The summed E-state index contributed by atoms with van der Waals surface area (Å²) in [7, 11) is 0. The summed E-state index contributed by atoms with van der Waals surface area (Å²) < 4.78 is 25.5. The van der Waals surface area contributed by atoms with Crippen LogP contribution >= 0.6 is 0 Å². The number of benzene rings is 2. The zero-order chi connectivity index (χ0) is 18.7. The van der Waals surface area contributed by atoms with Crippen molar-refractivity contribution in [1.82, 2.24) is 15.5 Å². The number of hydroxylamine groups is 1. The third-order valence-electron chi connectivity index (χ3n) is 6.11. The van der Waals surface area contributed by atoms with Crippen LogP contribution in [0.15, 0.2) is 48.0 Å². The van der Waals surface area contributed by atoms with E-state index in [4.69, 9.17) is 9.02 Å². The van der Waals surface area contributed by atoms with Crippen LogP contribution in [0, 0.1) is 0 Å². The number of rotatable bonds is 1. The van der Waals surface area contributed by atoms with Crippen molar-refractivity contribution in [2.75, 3.05) is 0 Å². The van der Waals surface area contributed by atoms with Gasteiger partial charge in [-0.3, -0.25) is 0 Å². The normalized spacial score (nSPS) is 30.7. The monoisotopic (exact) mass is 395 g/mol. The van der Waals surface area contributed by atoms with Crippen LogP contribution in [0.3, 0.4) is 0 Å². The van der Waals surface area contributed by atoms with Crippen molar-refractivity contribution in [3.8, 4) is 11.5 Å². The molecular weight excluding hydrogens is 374 g/mol. The van der Waals surface area contributed by atoms with Gasteiger partial charge in [0.1, 0.15) is 17.7 Å². The number of nitrogens with one attached hydrogen (secondary N) is 3. The second-order valence-corrected chi connectivity index (χ2v) is 8.74. The summed E-state index contributed by atoms with van der Waals surface area (Å²) in [6.45, 7) is 0. The van der Waals surface area contributed by atoms with Crippen LogP contribution in [0.5, 0.6) is 11.5 Å². The molecular formula is C21H21N3O3S. The number of hydrogen-bond acceptors (Lipinski definition) is 5. The third kappa shape index (κ3) is 2.74. The van der Waals surface area contributed by atoms with Crippen molar-refractivity contribution in [3.05, 3.63) is 64.7 Å². The third-order valence-corrected chi connectivity index (χ3v) is 6.79. The van der Waals surface area contributed by atoms with Crippen LogP contribution in [0.25, 0.3) is 5.57 Å². The molecule has 6 rings (SSSR count). The minimum absolute atomic E-state index is 0.322. The van der Waals surface area contributed by atoms with Gasteiger partial charge in [-0.15, -0.1) is 0 Å². The molecule has 0 spiro atoms. The summed E-state index contributed by atoms with van der Waals surface area (Å²) in [6, 6.07) is 15.7. The van der Waals surface area contributed by atoms with Crippen LogP contribution in [0.4, 0.5) is 0 Å². The fourth-order valence-electron chi connectivity index (χ4n) is 4.89. The largest absolute Gasteiger partial charge is 0.456 e. The molecule has 4 heterocycles. The van der Waals surface area contributed by atoms with E-state index < -0.39 is 11.3 Å². The first-order valence-electron chi connectivity index (χ1n) is 9.75. The summed E-state index contributed by atoms with van der Waals surface area (Å²) in [5.74, 6) is 1.73. The minimum Gasteiger partial charge on any atom is -0.456 e. The highest BCUT2D eigenvalue weighted by molar-refractivity contribution is 7.78. The van der Waals surface area contributed by atoms with E-state index in [2.05, 4.69) is 33.7 Å². The lowest BCUT2D eigenvalue weighted by Crippen LogP contribution is -2.35. The van der Waals surface area contributed by atoms with Crippen LogP contribution in [0.1, 0.15) is 48.5 Å². The molecule has 2 aromatic carbocycles. The first-order valence-corrected chi connectivity index (χ1v) is 10.8. The maximum absolute atomic E-state index is 11.5. The Labute approximate surface area is 166 Å². The average molecular weight is 395 g/mol. The van der Waals surface area contributed by atoms with E-state index in [-0.39, 0.29) is 6.17 Å². The average Bonchev–Trinajstić information content (AvgIpc) is 3.30. The summed E-state index contributed by atoms with van der Waals surface area (Å²) in [6.07, 6.45) is 4.40. The van der Waals surface area contributed by atoms with Gasteiger partial charge in [0.15, 0.2) is 0 Å². The van der Waals surface area contributed by atoms with E-state index in [1.807, 2.05) is 24.3 Å². The molecule has 4 aliphatic rings. The van der Waals surface area contributed by atoms with Crippen molar-refractivity contribution in [1.29, 1.82) is 0 Å². The predicted octanol–water partition coefficient (Wildman–Crippen LogP) is 3.21. The predicted molar refractivity (Wildman–Crippen MR) is 106 cm³/mol. The van der Waals surface area contributed by atoms with E-state index in [0.717, 1.165) is 35.5 Å². The fourth-order valence-corrected chi connectivity index (χ4v) is 5.50. The molecule has 0 saturated carbocycles. The van der Waals surface area contributed by atoms with Crippen molar-refractivity contribution < 1.29 is 13.2 Å². The van der Waals surface area contributed by atoms with Gasteiger partial charge in [-0.05, 0) is 49.0 Å². The van der Waals surface area contributed by atoms with Crippen LogP contribution in [-0.4, -0.2) is 16.3 Å². The molecule has 4 aliphatic heterocycles. The first-order chi connectivity index (χ1) is 13.7. The second kappa shape index (κ2) is 6.50. The highest BCUT2D eigenvalue weighted by Crippen LogP contribution is 2.48. The lowest BCUT2D eigenvalue weighted by molar-refractivity contribution is 0.214. The molecule has 0 amide bonds. The van der Waals surface area contributed by atoms with Crippen LogP contribution in [0.2, 0.25) is 0 Å². The van der Waals surface area contributed by atoms with E-state index in [1.165, 1.54) is 29.6 Å². The van der Waals surface area contributed by atoms with Crippen molar-refractivity contribution in [2.24, 2.45) is 0 Å². The van der Waals surface area contributed by atoms with Gasteiger partial charge in [-0.25, -0.2) is 4.21 Å². The van der Waals surface area contributed by atoms with Crippen LogP contribution < -0.4 is 20.3 Å². The maximum Gasteiger partial charge on any atom is 0.253 e. The molecule has 0 aromatic heterocycles. The minimum atomic E-state index is -1.52. The maximum atomic E-state index is 11.5. The zero-order valence-corrected chi connectivity index (χ0v) is 16.1. The van der Waals surface area contributed by atoms with Crippen LogP contribution in [-0.2, 0) is 15.6 Å². The zero-order valence-electron chi connectivity index (χ0n) is 15.2. The van der Waals surface area contributed by atoms with E-state index in [9.17, 15) is 4.21 Å². The van der Waals surface area contributed by atoms with Gasteiger partial charge < -0.3 is 10.1 Å². The SMILES string of the molecule is O=S1NC(c2ccc3c(c2)Oc2ccccc2C3=C2CC3CCC(C2)N3)NO1. The molecule has 0 radical (unpaired) electrons. The van der Waals surface area contributed by atoms with Crippen molar-refractivity contribution in [3.63, 3.8) is 0 Å². The molecule has 7 heteroatoms. The standard InChI is InChI=1S/C21H21N3O3S/c25-28-24-21(23-27-28)12-5-8-17-19(11-12)26-18-4-2-1-3-16(18)20(17)13-9-14-6-7-15(10-13)22-14/h1-5,8,11,14-15,21-24H,6-7,9-10H2. The van der Waals surface area contributed by atoms with Gasteiger partial charge in [0, 0.05) is 23.2 Å². The number of ether oxygens (including phenoxy) is 1. The lowest BCUT2D eigenvalue weighted by atomic mass is 9.84. The quantitative estimate of drug-likeness (QED) is 0.590. The lowest BCUT2D eigenvalue weighted by Gasteiger charge is -2.30. The molecule has 0 aliphatic carbocycles. The Bertz CT molecular complexity index is 1010. The number of hydrogen-bond donors (Lipinski definition) is 3. The Hall–Kier alpha value is -2.03.